The molecule has 2 rings (SSSR count). The first-order valence-corrected chi connectivity index (χ1v) is 5.60. The lowest BCUT2D eigenvalue weighted by molar-refractivity contribution is 0.624. The van der Waals surface area contributed by atoms with Gasteiger partial charge in [-0.1, -0.05) is 23.7 Å². The van der Waals surface area contributed by atoms with Crippen LogP contribution in [0.5, 0.6) is 0 Å². The molecule has 90 valence electrons. The van der Waals surface area contributed by atoms with E-state index in [9.17, 15) is 8.78 Å². The summed E-state index contributed by atoms with van der Waals surface area (Å²) in [4.78, 5) is 0. The first-order chi connectivity index (χ1) is 8.61. The molecule has 0 spiro atoms. The van der Waals surface area contributed by atoms with Crippen LogP contribution in [0.4, 0.5) is 8.78 Å². The lowest BCUT2D eigenvalue weighted by Crippen LogP contribution is -1.90. The standard InChI is InChI=1S/C14H8ClF2N/c15-13-4-2-10(16)8-12(13)11-3-1-9(5-6-18)7-14(11)17/h1-4,7-8H,5H2. The zero-order valence-electron chi connectivity index (χ0n) is 9.25. The molecule has 1 nitrogen and oxygen atoms in total. The summed E-state index contributed by atoms with van der Waals surface area (Å²) in [6, 6.07) is 10.1. The molecule has 0 bridgehead atoms. The van der Waals surface area contributed by atoms with Gasteiger partial charge in [-0.2, -0.15) is 5.26 Å². The Morgan fingerprint density at radius 3 is 2.50 bits per heavy atom. The van der Waals surface area contributed by atoms with E-state index in [0.29, 0.717) is 11.1 Å². The molecule has 18 heavy (non-hydrogen) atoms. The van der Waals surface area contributed by atoms with Gasteiger partial charge in [0.2, 0.25) is 0 Å². The topological polar surface area (TPSA) is 23.8 Å². The second-order valence-corrected chi connectivity index (χ2v) is 4.18. The van der Waals surface area contributed by atoms with E-state index in [4.69, 9.17) is 16.9 Å². The third kappa shape index (κ3) is 2.49. The maximum absolute atomic E-state index is 13.9. The molecule has 4 heteroatoms. The molecule has 0 fully saturated rings. The van der Waals surface area contributed by atoms with Crippen LogP contribution in [0, 0.1) is 23.0 Å². The zero-order chi connectivity index (χ0) is 13.1. The molecule has 2 aromatic carbocycles. The second kappa shape index (κ2) is 5.16. The van der Waals surface area contributed by atoms with Gasteiger partial charge in [-0.05, 0) is 29.8 Å². The van der Waals surface area contributed by atoms with E-state index < -0.39 is 11.6 Å². The molecule has 0 heterocycles. The number of nitrogens with zero attached hydrogens (tertiary/aromatic N) is 1. The van der Waals surface area contributed by atoms with Gasteiger partial charge >= 0.3 is 0 Å². The molecule has 0 saturated carbocycles. The summed E-state index contributed by atoms with van der Waals surface area (Å²) in [6.45, 7) is 0. The minimum Gasteiger partial charge on any atom is -0.207 e. The fraction of sp³-hybridized carbons (Fsp3) is 0.0714. The maximum atomic E-state index is 13.9. The van der Waals surface area contributed by atoms with E-state index in [1.54, 1.807) is 6.07 Å². The Bertz CT molecular complexity index is 632. The van der Waals surface area contributed by atoms with Crippen molar-refractivity contribution in [2.24, 2.45) is 0 Å². The molecule has 0 aliphatic carbocycles. The van der Waals surface area contributed by atoms with Crippen LogP contribution in [-0.2, 0) is 6.42 Å². The number of benzene rings is 2. The molecule has 0 unspecified atom stereocenters. The number of nitriles is 1. The molecule has 0 amide bonds. The number of rotatable bonds is 2. The van der Waals surface area contributed by atoms with Gasteiger partial charge in [0, 0.05) is 16.1 Å². The summed E-state index contributed by atoms with van der Waals surface area (Å²) in [7, 11) is 0. The van der Waals surface area contributed by atoms with E-state index in [0.717, 1.165) is 0 Å². The Balaban J connectivity index is 2.51. The number of halogens is 3. The minimum absolute atomic E-state index is 0.133. The molecular formula is C14H8ClF2N. The van der Waals surface area contributed by atoms with Gasteiger partial charge in [-0.25, -0.2) is 8.78 Å². The molecule has 0 aliphatic heterocycles. The summed E-state index contributed by atoms with van der Waals surface area (Å²) < 4.78 is 27.0. The van der Waals surface area contributed by atoms with Gasteiger partial charge in [-0.3, -0.25) is 0 Å². The van der Waals surface area contributed by atoms with Crippen LogP contribution >= 0.6 is 11.6 Å². The van der Waals surface area contributed by atoms with E-state index >= 15 is 0 Å². The smallest absolute Gasteiger partial charge is 0.131 e. The van der Waals surface area contributed by atoms with Crippen molar-refractivity contribution < 1.29 is 8.78 Å². The van der Waals surface area contributed by atoms with Crippen LogP contribution in [0.15, 0.2) is 36.4 Å². The first-order valence-electron chi connectivity index (χ1n) is 5.22. The first kappa shape index (κ1) is 12.5. The Labute approximate surface area is 108 Å². The van der Waals surface area contributed by atoms with Crippen LogP contribution in [0.25, 0.3) is 11.1 Å². The Kier molecular flexibility index (Phi) is 3.59. The lowest BCUT2D eigenvalue weighted by Gasteiger charge is -2.07. The molecule has 0 aliphatic rings. The average Bonchev–Trinajstić information content (AvgIpc) is 2.33. The predicted octanol–water partition coefficient (Wildman–Crippen LogP) is 4.35. The van der Waals surface area contributed by atoms with Gasteiger partial charge in [0.25, 0.3) is 0 Å². The summed E-state index contributed by atoms with van der Waals surface area (Å²) in [5.74, 6) is -0.995. The fourth-order valence-corrected chi connectivity index (χ4v) is 1.90. The zero-order valence-corrected chi connectivity index (χ0v) is 10.0. The molecule has 2 aromatic rings. The van der Waals surface area contributed by atoms with Crippen molar-refractivity contribution in [2.75, 3.05) is 0 Å². The second-order valence-electron chi connectivity index (χ2n) is 3.77. The molecule has 0 aromatic heterocycles. The van der Waals surface area contributed by atoms with Gasteiger partial charge in [0.15, 0.2) is 0 Å². The van der Waals surface area contributed by atoms with E-state index in [1.165, 1.54) is 30.3 Å². The monoisotopic (exact) mass is 263 g/mol. The number of hydrogen-bond acceptors (Lipinski definition) is 1. The molecule has 0 radical (unpaired) electrons. The molecular weight excluding hydrogens is 256 g/mol. The largest absolute Gasteiger partial charge is 0.207 e. The van der Waals surface area contributed by atoms with Crippen LogP contribution < -0.4 is 0 Å². The van der Waals surface area contributed by atoms with Crippen molar-refractivity contribution in [1.82, 2.24) is 0 Å². The van der Waals surface area contributed by atoms with Gasteiger partial charge in [0.05, 0.1) is 12.5 Å². The predicted molar refractivity (Wildman–Crippen MR) is 66.1 cm³/mol. The summed E-state index contributed by atoms with van der Waals surface area (Å²) >= 11 is 5.92. The van der Waals surface area contributed by atoms with Crippen molar-refractivity contribution in [3.63, 3.8) is 0 Å². The number of hydrogen-bond donors (Lipinski definition) is 0. The lowest BCUT2D eigenvalue weighted by atomic mass is 10.0. The highest BCUT2D eigenvalue weighted by Gasteiger charge is 2.10. The van der Waals surface area contributed by atoms with E-state index in [-0.39, 0.29) is 17.0 Å². The normalized spacial score (nSPS) is 10.1. The summed E-state index contributed by atoms with van der Waals surface area (Å²) in [5.41, 5.74) is 1.10. The van der Waals surface area contributed by atoms with Crippen molar-refractivity contribution >= 4 is 11.6 Å². The van der Waals surface area contributed by atoms with Gasteiger partial charge < -0.3 is 0 Å². The summed E-state index contributed by atoms with van der Waals surface area (Å²) in [6.07, 6.45) is 0.133. The molecule has 0 N–H and O–H groups in total. The van der Waals surface area contributed by atoms with Crippen molar-refractivity contribution in [3.05, 3.63) is 58.6 Å². The quantitative estimate of drug-likeness (QED) is 0.790. The van der Waals surface area contributed by atoms with Crippen molar-refractivity contribution in [3.8, 4) is 17.2 Å². The Morgan fingerprint density at radius 2 is 1.83 bits per heavy atom. The Morgan fingerprint density at radius 1 is 1.06 bits per heavy atom. The fourth-order valence-electron chi connectivity index (χ4n) is 1.68. The highest BCUT2D eigenvalue weighted by molar-refractivity contribution is 6.33. The third-order valence-corrected chi connectivity index (χ3v) is 2.86. The summed E-state index contributed by atoms with van der Waals surface area (Å²) in [5, 5.41) is 8.82. The highest BCUT2D eigenvalue weighted by Crippen LogP contribution is 2.31. The van der Waals surface area contributed by atoms with Crippen LogP contribution in [0.2, 0.25) is 5.02 Å². The van der Waals surface area contributed by atoms with Crippen LogP contribution in [-0.4, -0.2) is 0 Å². The highest BCUT2D eigenvalue weighted by atomic mass is 35.5. The minimum atomic E-state index is -0.518. The molecule has 0 saturated heterocycles. The van der Waals surface area contributed by atoms with Crippen LogP contribution in [0.1, 0.15) is 5.56 Å². The van der Waals surface area contributed by atoms with Crippen molar-refractivity contribution in [1.29, 1.82) is 5.26 Å². The maximum Gasteiger partial charge on any atom is 0.131 e. The van der Waals surface area contributed by atoms with Gasteiger partial charge in [0.1, 0.15) is 11.6 Å². The van der Waals surface area contributed by atoms with Crippen molar-refractivity contribution in [2.45, 2.75) is 6.42 Å². The third-order valence-electron chi connectivity index (χ3n) is 2.54. The Hall–Kier alpha value is -1.92. The van der Waals surface area contributed by atoms with E-state index in [2.05, 4.69) is 0 Å². The molecule has 0 atom stereocenters. The van der Waals surface area contributed by atoms with Crippen LogP contribution in [0.3, 0.4) is 0 Å². The SMILES string of the molecule is N#CCc1ccc(-c2cc(F)ccc2Cl)c(F)c1. The average molecular weight is 264 g/mol. The van der Waals surface area contributed by atoms with E-state index in [1.807, 2.05) is 6.07 Å². The van der Waals surface area contributed by atoms with Gasteiger partial charge in [-0.15, -0.1) is 0 Å².